The van der Waals surface area contributed by atoms with E-state index in [-0.39, 0.29) is 0 Å². The number of anilines is 1. The first kappa shape index (κ1) is 12.4. The molecule has 0 aliphatic carbocycles. The molecule has 2 rings (SSSR count). The largest absolute Gasteiger partial charge is 0.397 e. The number of rotatable bonds is 4. The Bertz CT molecular complexity index is 345. The van der Waals surface area contributed by atoms with Crippen molar-refractivity contribution < 1.29 is 0 Å². The van der Waals surface area contributed by atoms with E-state index >= 15 is 0 Å². The monoisotopic (exact) mass is 233 g/mol. The second kappa shape index (κ2) is 5.50. The summed E-state index contributed by atoms with van der Waals surface area (Å²) in [6, 6.07) is 3.97. The summed E-state index contributed by atoms with van der Waals surface area (Å²) in [5, 5.41) is 0. The predicted octanol–water partition coefficient (Wildman–Crippen LogP) is 2.18. The van der Waals surface area contributed by atoms with Crippen molar-refractivity contribution in [2.45, 2.75) is 26.7 Å². The number of nitrogens with two attached hydrogens (primary N) is 1. The molecule has 1 aromatic heterocycles. The van der Waals surface area contributed by atoms with Crippen LogP contribution in [0.2, 0.25) is 0 Å². The molecule has 1 aliphatic rings. The lowest BCUT2D eigenvalue weighted by molar-refractivity contribution is 0.306. The average molecular weight is 233 g/mol. The quantitative estimate of drug-likeness (QED) is 0.866. The van der Waals surface area contributed by atoms with Gasteiger partial charge in [-0.3, -0.25) is 4.98 Å². The van der Waals surface area contributed by atoms with Crippen LogP contribution in [0.15, 0.2) is 18.3 Å². The van der Waals surface area contributed by atoms with E-state index in [0.717, 1.165) is 36.2 Å². The van der Waals surface area contributed by atoms with Gasteiger partial charge < -0.3 is 10.6 Å². The lowest BCUT2D eigenvalue weighted by Crippen LogP contribution is -2.24. The smallest absolute Gasteiger partial charge is 0.0501 e. The molecule has 0 saturated carbocycles. The van der Waals surface area contributed by atoms with Crippen LogP contribution < -0.4 is 5.73 Å². The van der Waals surface area contributed by atoms with E-state index in [1.165, 1.54) is 19.5 Å². The zero-order valence-corrected chi connectivity index (χ0v) is 10.9. The Labute approximate surface area is 104 Å². The van der Waals surface area contributed by atoms with Gasteiger partial charge in [-0.05, 0) is 36.9 Å². The van der Waals surface area contributed by atoms with E-state index in [0.29, 0.717) is 0 Å². The number of hydrogen-bond acceptors (Lipinski definition) is 3. The summed E-state index contributed by atoms with van der Waals surface area (Å²) in [5.74, 6) is 1.70. The first-order chi connectivity index (χ1) is 8.15. The van der Waals surface area contributed by atoms with Gasteiger partial charge in [-0.1, -0.05) is 13.8 Å². The van der Waals surface area contributed by atoms with Gasteiger partial charge >= 0.3 is 0 Å². The number of nitrogens with zero attached hydrogens (tertiary/aromatic N) is 2. The van der Waals surface area contributed by atoms with Gasteiger partial charge in [0.1, 0.15) is 0 Å². The number of nitrogen functional groups attached to an aromatic ring is 1. The fraction of sp³-hybridized carbons (Fsp3) is 0.643. The molecular weight excluding hydrogens is 210 g/mol. The third-order valence-electron chi connectivity index (χ3n) is 3.78. The minimum atomic E-state index is 0.745. The summed E-state index contributed by atoms with van der Waals surface area (Å²) in [5.41, 5.74) is 7.51. The molecule has 1 aliphatic heterocycles. The van der Waals surface area contributed by atoms with Crippen molar-refractivity contribution in [1.82, 2.24) is 9.88 Å². The molecule has 0 amide bonds. The highest BCUT2D eigenvalue weighted by atomic mass is 15.1. The number of aromatic nitrogens is 1. The number of likely N-dealkylation sites (tertiary alicyclic amines) is 1. The minimum absolute atomic E-state index is 0.745. The van der Waals surface area contributed by atoms with Gasteiger partial charge in [-0.25, -0.2) is 0 Å². The topological polar surface area (TPSA) is 42.1 Å². The van der Waals surface area contributed by atoms with Gasteiger partial charge in [0, 0.05) is 25.2 Å². The summed E-state index contributed by atoms with van der Waals surface area (Å²) in [6.45, 7) is 8.29. The van der Waals surface area contributed by atoms with Crippen molar-refractivity contribution in [2.75, 3.05) is 25.4 Å². The summed E-state index contributed by atoms with van der Waals surface area (Å²) >= 11 is 0. The fourth-order valence-electron chi connectivity index (χ4n) is 2.47. The highest BCUT2D eigenvalue weighted by Gasteiger charge is 2.24. The van der Waals surface area contributed by atoms with Gasteiger partial charge in [0.15, 0.2) is 0 Å². The molecule has 0 aromatic carbocycles. The van der Waals surface area contributed by atoms with Crippen LogP contribution in [0.3, 0.4) is 0 Å². The Morgan fingerprint density at radius 2 is 2.29 bits per heavy atom. The molecule has 1 atom stereocenters. The van der Waals surface area contributed by atoms with Crippen LogP contribution in [0.25, 0.3) is 0 Å². The highest BCUT2D eigenvalue weighted by Crippen LogP contribution is 2.23. The van der Waals surface area contributed by atoms with Crippen molar-refractivity contribution >= 4 is 5.69 Å². The second-order valence-electron chi connectivity index (χ2n) is 5.43. The van der Waals surface area contributed by atoms with Gasteiger partial charge in [-0.15, -0.1) is 0 Å². The molecule has 3 nitrogen and oxygen atoms in total. The van der Waals surface area contributed by atoms with Gasteiger partial charge in [-0.2, -0.15) is 0 Å². The molecule has 1 aromatic rings. The second-order valence-corrected chi connectivity index (χ2v) is 5.43. The standard InChI is InChI=1S/C14H23N3/c1-11(2)12-5-7-17(10-12)8-6-14-4-3-13(15)9-16-14/h3-4,9,11-12H,5-8,10,15H2,1-2H3. The van der Waals surface area contributed by atoms with Crippen molar-refractivity contribution in [2.24, 2.45) is 11.8 Å². The molecule has 0 spiro atoms. The van der Waals surface area contributed by atoms with Gasteiger partial charge in [0.05, 0.1) is 11.9 Å². The lowest BCUT2D eigenvalue weighted by Gasteiger charge is -2.17. The van der Waals surface area contributed by atoms with Crippen LogP contribution in [0, 0.1) is 11.8 Å². The van der Waals surface area contributed by atoms with E-state index < -0.39 is 0 Å². The van der Waals surface area contributed by atoms with E-state index in [2.05, 4.69) is 23.7 Å². The van der Waals surface area contributed by atoms with Crippen LogP contribution in [0.1, 0.15) is 26.0 Å². The third-order valence-corrected chi connectivity index (χ3v) is 3.78. The van der Waals surface area contributed by atoms with Crippen molar-refractivity contribution in [1.29, 1.82) is 0 Å². The van der Waals surface area contributed by atoms with Crippen molar-refractivity contribution in [3.63, 3.8) is 0 Å². The molecule has 1 saturated heterocycles. The van der Waals surface area contributed by atoms with Crippen molar-refractivity contribution in [3.8, 4) is 0 Å². The van der Waals surface area contributed by atoms with E-state index in [4.69, 9.17) is 5.73 Å². The first-order valence-corrected chi connectivity index (χ1v) is 6.58. The first-order valence-electron chi connectivity index (χ1n) is 6.58. The Kier molecular flexibility index (Phi) is 4.00. The van der Waals surface area contributed by atoms with E-state index in [1.807, 2.05) is 12.1 Å². The number of pyridine rings is 1. The molecule has 94 valence electrons. The maximum Gasteiger partial charge on any atom is 0.0501 e. The van der Waals surface area contributed by atoms with E-state index in [9.17, 15) is 0 Å². The molecule has 0 bridgehead atoms. The lowest BCUT2D eigenvalue weighted by atomic mass is 9.95. The Morgan fingerprint density at radius 3 is 2.88 bits per heavy atom. The molecule has 1 unspecified atom stereocenters. The summed E-state index contributed by atoms with van der Waals surface area (Å²) < 4.78 is 0. The molecule has 2 N–H and O–H groups in total. The molecule has 17 heavy (non-hydrogen) atoms. The van der Waals surface area contributed by atoms with E-state index in [1.54, 1.807) is 6.20 Å². The van der Waals surface area contributed by atoms with Crippen LogP contribution in [-0.2, 0) is 6.42 Å². The zero-order chi connectivity index (χ0) is 12.3. The maximum absolute atomic E-state index is 5.62. The zero-order valence-electron chi connectivity index (χ0n) is 10.9. The van der Waals surface area contributed by atoms with Crippen molar-refractivity contribution in [3.05, 3.63) is 24.0 Å². The Balaban J connectivity index is 1.78. The van der Waals surface area contributed by atoms with Crippen LogP contribution in [0.5, 0.6) is 0 Å². The Hall–Kier alpha value is -1.09. The third kappa shape index (κ3) is 3.43. The molecule has 0 radical (unpaired) electrons. The van der Waals surface area contributed by atoms with Crippen LogP contribution >= 0.6 is 0 Å². The Morgan fingerprint density at radius 1 is 1.47 bits per heavy atom. The average Bonchev–Trinajstić information content (AvgIpc) is 2.77. The minimum Gasteiger partial charge on any atom is -0.397 e. The molecule has 2 heterocycles. The normalized spacial score (nSPS) is 21.2. The maximum atomic E-state index is 5.62. The number of hydrogen-bond donors (Lipinski definition) is 1. The summed E-state index contributed by atoms with van der Waals surface area (Å²) in [6.07, 6.45) is 4.13. The summed E-state index contributed by atoms with van der Waals surface area (Å²) in [4.78, 5) is 6.90. The van der Waals surface area contributed by atoms with Crippen LogP contribution in [-0.4, -0.2) is 29.5 Å². The van der Waals surface area contributed by atoms with Gasteiger partial charge in [0.25, 0.3) is 0 Å². The van der Waals surface area contributed by atoms with Gasteiger partial charge in [0.2, 0.25) is 0 Å². The SMILES string of the molecule is CC(C)C1CCN(CCc2ccc(N)cn2)C1. The van der Waals surface area contributed by atoms with Crippen LogP contribution in [0.4, 0.5) is 5.69 Å². The molecule has 1 fully saturated rings. The summed E-state index contributed by atoms with van der Waals surface area (Å²) in [7, 11) is 0. The molecular formula is C14H23N3. The predicted molar refractivity (Wildman–Crippen MR) is 71.7 cm³/mol. The highest BCUT2D eigenvalue weighted by molar-refractivity contribution is 5.34. The molecule has 3 heteroatoms. The fourth-order valence-corrected chi connectivity index (χ4v) is 2.47.